The molecule has 0 atom stereocenters. The number of nitrogens with one attached hydrogen (secondary N) is 1. The van der Waals surface area contributed by atoms with Gasteiger partial charge in [-0.1, -0.05) is 12.2 Å². The molecule has 0 radical (unpaired) electrons. The molecule has 2 aromatic rings. The number of pyridine rings is 1. The second kappa shape index (κ2) is 5.65. The van der Waals surface area contributed by atoms with E-state index in [1.165, 1.54) is 0 Å². The smallest absolute Gasteiger partial charge is 0.134 e. The molecule has 0 saturated heterocycles. The summed E-state index contributed by atoms with van der Waals surface area (Å²) in [4.78, 5) is 11.5. The van der Waals surface area contributed by atoms with Crippen molar-refractivity contribution < 1.29 is 4.74 Å². The van der Waals surface area contributed by atoms with Gasteiger partial charge in [-0.05, 0) is 25.1 Å². The second-order valence-corrected chi connectivity index (χ2v) is 3.88. The molecule has 2 rings (SSSR count). The average molecular weight is 247 g/mol. The fourth-order valence-electron chi connectivity index (χ4n) is 1.45. The number of ether oxygens (including phenoxy) is 1. The highest BCUT2D eigenvalue weighted by Gasteiger charge is 2.01. The lowest BCUT2D eigenvalue weighted by Gasteiger charge is -2.05. The largest absolute Gasteiger partial charge is 0.374 e. The Morgan fingerprint density at radius 3 is 3.06 bits per heavy atom. The Morgan fingerprint density at radius 2 is 2.35 bits per heavy atom. The molecule has 0 unspecified atom stereocenters. The van der Waals surface area contributed by atoms with Crippen molar-refractivity contribution in [3.63, 3.8) is 0 Å². The molecule has 0 amide bonds. The standard InChI is InChI=1S/C12H13N3OS/c1-2-16-8-11-14-10(6-12(17)15-11)9-4-3-5-13-7-9/h3-7H,2,8H2,1H3,(H,14,15,17). The third-order valence-corrected chi connectivity index (χ3v) is 2.42. The third-order valence-electron chi connectivity index (χ3n) is 2.21. The Morgan fingerprint density at radius 1 is 1.47 bits per heavy atom. The van der Waals surface area contributed by atoms with Crippen molar-refractivity contribution in [3.05, 3.63) is 41.1 Å². The van der Waals surface area contributed by atoms with E-state index in [0.29, 0.717) is 17.9 Å². The van der Waals surface area contributed by atoms with Crippen molar-refractivity contribution in [2.75, 3.05) is 6.61 Å². The fourth-order valence-corrected chi connectivity index (χ4v) is 1.68. The monoisotopic (exact) mass is 247 g/mol. The Bertz CT molecular complexity index is 539. The molecule has 0 fully saturated rings. The van der Waals surface area contributed by atoms with Gasteiger partial charge in [0.1, 0.15) is 17.1 Å². The quantitative estimate of drug-likeness (QED) is 0.844. The molecule has 0 aromatic carbocycles. The van der Waals surface area contributed by atoms with Gasteiger partial charge in [-0.25, -0.2) is 4.98 Å². The van der Waals surface area contributed by atoms with E-state index in [1.807, 2.05) is 25.1 Å². The number of nitrogens with zero attached hydrogens (tertiary/aromatic N) is 2. The van der Waals surface area contributed by atoms with Crippen LogP contribution in [0.4, 0.5) is 0 Å². The maximum Gasteiger partial charge on any atom is 0.134 e. The predicted octanol–water partition coefficient (Wildman–Crippen LogP) is 2.74. The summed E-state index contributed by atoms with van der Waals surface area (Å²) in [6.45, 7) is 3.03. The summed E-state index contributed by atoms with van der Waals surface area (Å²) in [5.41, 5.74) is 1.89. The predicted molar refractivity (Wildman–Crippen MR) is 68.0 cm³/mol. The molecule has 0 bridgehead atoms. The van der Waals surface area contributed by atoms with Gasteiger partial charge >= 0.3 is 0 Å². The van der Waals surface area contributed by atoms with Crippen LogP contribution in [0.2, 0.25) is 0 Å². The van der Waals surface area contributed by atoms with E-state index < -0.39 is 0 Å². The van der Waals surface area contributed by atoms with Gasteiger partial charge in [0.25, 0.3) is 0 Å². The lowest BCUT2D eigenvalue weighted by atomic mass is 10.2. The van der Waals surface area contributed by atoms with Crippen LogP contribution in [0.25, 0.3) is 11.3 Å². The molecule has 0 spiro atoms. The van der Waals surface area contributed by atoms with Crippen LogP contribution in [0.15, 0.2) is 30.6 Å². The van der Waals surface area contributed by atoms with E-state index in [9.17, 15) is 0 Å². The number of aromatic amines is 1. The van der Waals surface area contributed by atoms with Crippen LogP contribution < -0.4 is 0 Å². The van der Waals surface area contributed by atoms with Crippen molar-refractivity contribution in [3.8, 4) is 11.3 Å². The van der Waals surface area contributed by atoms with Crippen LogP contribution in [-0.2, 0) is 11.3 Å². The minimum Gasteiger partial charge on any atom is -0.374 e. The number of hydrogen-bond donors (Lipinski definition) is 1. The van der Waals surface area contributed by atoms with Gasteiger partial charge in [0, 0.05) is 24.6 Å². The summed E-state index contributed by atoms with van der Waals surface area (Å²) < 4.78 is 5.86. The minimum atomic E-state index is 0.439. The number of H-pyrrole nitrogens is 1. The van der Waals surface area contributed by atoms with Crippen LogP contribution in [0, 0.1) is 4.64 Å². The van der Waals surface area contributed by atoms with E-state index in [1.54, 1.807) is 12.4 Å². The van der Waals surface area contributed by atoms with Crippen LogP contribution in [-0.4, -0.2) is 21.6 Å². The van der Waals surface area contributed by atoms with E-state index in [4.69, 9.17) is 17.0 Å². The molecule has 0 aliphatic carbocycles. The molecule has 0 aliphatic rings. The lowest BCUT2D eigenvalue weighted by molar-refractivity contribution is 0.128. The highest BCUT2D eigenvalue weighted by molar-refractivity contribution is 7.71. The van der Waals surface area contributed by atoms with E-state index in [2.05, 4.69) is 15.0 Å². The van der Waals surface area contributed by atoms with Crippen LogP contribution >= 0.6 is 12.2 Å². The normalized spacial score (nSPS) is 10.4. The van der Waals surface area contributed by atoms with E-state index in [0.717, 1.165) is 17.1 Å². The topological polar surface area (TPSA) is 50.8 Å². The molecule has 88 valence electrons. The molecule has 2 aromatic heterocycles. The summed E-state index contributed by atoms with van der Waals surface area (Å²) >= 11 is 5.13. The SMILES string of the molecule is CCOCc1nc(=S)cc(-c2cccnc2)[nH]1. The molecule has 2 heterocycles. The first-order valence-corrected chi connectivity index (χ1v) is 5.79. The van der Waals surface area contributed by atoms with E-state index >= 15 is 0 Å². The lowest BCUT2D eigenvalue weighted by Crippen LogP contribution is -2.00. The van der Waals surface area contributed by atoms with Crippen molar-refractivity contribution in [2.24, 2.45) is 0 Å². The third kappa shape index (κ3) is 3.18. The highest BCUT2D eigenvalue weighted by atomic mass is 32.1. The molecule has 1 N–H and O–H groups in total. The maximum absolute atomic E-state index is 5.31. The Hall–Kier alpha value is -1.59. The summed E-state index contributed by atoms with van der Waals surface area (Å²) in [5.74, 6) is 0.734. The minimum absolute atomic E-state index is 0.439. The number of rotatable bonds is 4. The zero-order chi connectivity index (χ0) is 12.1. The summed E-state index contributed by atoms with van der Waals surface area (Å²) in [7, 11) is 0. The molecule has 5 heteroatoms. The van der Waals surface area contributed by atoms with Crippen LogP contribution in [0.5, 0.6) is 0 Å². The Kier molecular flexibility index (Phi) is 3.95. The second-order valence-electron chi connectivity index (χ2n) is 3.46. The Labute approximate surface area is 105 Å². The van der Waals surface area contributed by atoms with Crippen LogP contribution in [0.3, 0.4) is 0 Å². The number of aromatic nitrogens is 3. The maximum atomic E-state index is 5.31. The first-order valence-electron chi connectivity index (χ1n) is 5.38. The van der Waals surface area contributed by atoms with Gasteiger partial charge in [-0.2, -0.15) is 0 Å². The zero-order valence-corrected chi connectivity index (χ0v) is 10.3. The van der Waals surface area contributed by atoms with Gasteiger partial charge in [0.15, 0.2) is 0 Å². The fraction of sp³-hybridized carbons (Fsp3) is 0.250. The molecular weight excluding hydrogens is 234 g/mol. The highest BCUT2D eigenvalue weighted by Crippen LogP contribution is 2.15. The number of hydrogen-bond acceptors (Lipinski definition) is 4. The van der Waals surface area contributed by atoms with Crippen LogP contribution in [0.1, 0.15) is 12.7 Å². The average Bonchev–Trinajstić information content (AvgIpc) is 2.37. The van der Waals surface area contributed by atoms with E-state index in [-0.39, 0.29) is 0 Å². The van der Waals surface area contributed by atoms with Gasteiger partial charge in [0.2, 0.25) is 0 Å². The van der Waals surface area contributed by atoms with Gasteiger partial charge < -0.3 is 9.72 Å². The molecule has 4 nitrogen and oxygen atoms in total. The summed E-state index contributed by atoms with van der Waals surface area (Å²) in [6, 6.07) is 5.68. The molecule has 0 aliphatic heterocycles. The van der Waals surface area contributed by atoms with Crippen molar-refractivity contribution in [2.45, 2.75) is 13.5 Å². The Balaban J connectivity index is 2.35. The first kappa shape index (κ1) is 11.9. The summed E-state index contributed by atoms with van der Waals surface area (Å²) in [5, 5.41) is 0. The molecular formula is C12H13N3OS. The zero-order valence-electron chi connectivity index (χ0n) is 9.51. The van der Waals surface area contributed by atoms with Gasteiger partial charge in [-0.15, -0.1) is 0 Å². The first-order chi connectivity index (χ1) is 8.29. The molecule has 17 heavy (non-hydrogen) atoms. The summed E-state index contributed by atoms with van der Waals surface area (Å²) in [6.07, 6.45) is 3.52. The molecule has 0 saturated carbocycles. The van der Waals surface area contributed by atoms with Crippen molar-refractivity contribution >= 4 is 12.2 Å². The van der Waals surface area contributed by atoms with Crippen molar-refractivity contribution in [1.29, 1.82) is 0 Å². The van der Waals surface area contributed by atoms with Gasteiger partial charge in [0.05, 0.1) is 5.69 Å². The van der Waals surface area contributed by atoms with Gasteiger partial charge in [-0.3, -0.25) is 4.98 Å². The van der Waals surface area contributed by atoms with Crippen molar-refractivity contribution in [1.82, 2.24) is 15.0 Å².